The van der Waals surface area contributed by atoms with Crippen molar-refractivity contribution >= 4 is 29.4 Å². The molecular weight excluding hydrogens is 302 g/mol. The minimum Gasteiger partial charge on any atom is -0.337 e. The third-order valence-electron chi connectivity index (χ3n) is 4.08. The van der Waals surface area contributed by atoms with Crippen LogP contribution in [-0.2, 0) is 0 Å². The first-order valence-corrected chi connectivity index (χ1v) is 7.62. The number of hydrogen-bond acceptors (Lipinski definition) is 4. The average Bonchev–Trinajstić information content (AvgIpc) is 3.08. The van der Waals surface area contributed by atoms with Gasteiger partial charge in [-0.15, -0.1) is 0 Å². The van der Waals surface area contributed by atoms with Crippen LogP contribution in [0.3, 0.4) is 0 Å². The van der Waals surface area contributed by atoms with Crippen LogP contribution >= 0.6 is 11.6 Å². The van der Waals surface area contributed by atoms with Crippen molar-refractivity contribution in [1.82, 2.24) is 19.5 Å². The zero-order valence-electron chi connectivity index (χ0n) is 11.9. The second-order valence-electron chi connectivity index (χ2n) is 5.46. The largest absolute Gasteiger partial charge is 0.337 e. The molecule has 2 aliphatic heterocycles. The van der Waals surface area contributed by atoms with Crippen molar-refractivity contribution in [3.63, 3.8) is 0 Å². The smallest absolute Gasteiger partial charge is 0.274 e. The van der Waals surface area contributed by atoms with Gasteiger partial charge in [0.25, 0.3) is 5.91 Å². The molecule has 4 heterocycles. The average molecular weight is 316 g/mol. The molecule has 0 unspecified atom stereocenters. The molecule has 2 aromatic rings. The second-order valence-corrected chi connectivity index (χ2v) is 5.90. The SMILES string of the molecule is O=C(c1cc2ncc(Cl)cn2n1)N1CCC2=C(CC1)N=CC2. The van der Waals surface area contributed by atoms with Gasteiger partial charge in [-0.25, -0.2) is 9.50 Å². The van der Waals surface area contributed by atoms with Crippen LogP contribution < -0.4 is 0 Å². The lowest BCUT2D eigenvalue weighted by Gasteiger charge is -2.19. The predicted octanol–water partition coefficient (Wildman–Crippen LogP) is 2.35. The van der Waals surface area contributed by atoms with Crippen LogP contribution in [0.2, 0.25) is 5.02 Å². The van der Waals surface area contributed by atoms with Crippen molar-refractivity contribution in [2.24, 2.45) is 4.99 Å². The van der Waals surface area contributed by atoms with E-state index in [4.69, 9.17) is 11.6 Å². The summed E-state index contributed by atoms with van der Waals surface area (Å²) in [6.45, 7) is 1.39. The first-order chi connectivity index (χ1) is 10.7. The van der Waals surface area contributed by atoms with Crippen molar-refractivity contribution in [1.29, 1.82) is 0 Å². The Morgan fingerprint density at radius 3 is 3.05 bits per heavy atom. The zero-order valence-corrected chi connectivity index (χ0v) is 12.6. The maximum absolute atomic E-state index is 12.7. The summed E-state index contributed by atoms with van der Waals surface area (Å²) in [5.41, 5.74) is 3.53. The summed E-state index contributed by atoms with van der Waals surface area (Å²) < 4.78 is 1.54. The summed E-state index contributed by atoms with van der Waals surface area (Å²) in [6.07, 6.45) is 7.78. The number of nitrogens with zero attached hydrogens (tertiary/aromatic N) is 5. The molecule has 0 N–H and O–H groups in total. The minimum absolute atomic E-state index is 0.0632. The van der Waals surface area contributed by atoms with Gasteiger partial charge >= 0.3 is 0 Å². The molecule has 4 rings (SSSR count). The van der Waals surface area contributed by atoms with Gasteiger partial charge in [0.2, 0.25) is 0 Å². The van der Waals surface area contributed by atoms with Crippen molar-refractivity contribution < 1.29 is 4.79 Å². The zero-order chi connectivity index (χ0) is 15.1. The van der Waals surface area contributed by atoms with Gasteiger partial charge < -0.3 is 4.90 Å². The van der Waals surface area contributed by atoms with E-state index in [0.29, 0.717) is 29.5 Å². The van der Waals surface area contributed by atoms with Crippen molar-refractivity contribution in [3.8, 4) is 0 Å². The maximum Gasteiger partial charge on any atom is 0.274 e. The maximum atomic E-state index is 12.7. The monoisotopic (exact) mass is 315 g/mol. The van der Waals surface area contributed by atoms with Crippen LogP contribution in [-0.4, -0.2) is 44.7 Å². The van der Waals surface area contributed by atoms with E-state index in [1.807, 2.05) is 11.1 Å². The number of carbonyl (C=O) groups excluding carboxylic acids is 1. The van der Waals surface area contributed by atoms with Gasteiger partial charge in [-0.1, -0.05) is 11.6 Å². The van der Waals surface area contributed by atoms with Gasteiger partial charge in [0.15, 0.2) is 11.3 Å². The first-order valence-electron chi connectivity index (χ1n) is 7.24. The molecular formula is C15H14ClN5O. The van der Waals surface area contributed by atoms with E-state index in [9.17, 15) is 4.79 Å². The molecule has 0 radical (unpaired) electrons. The Hall–Kier alpha value is -2.21. The van der Waals surface area contributed by atoms with Gasteiger partial charge in [-0.3, -0.25) is 9.79 Å². The van der Waals surface area contributed by atoms with Crippen molar-refractivity contribution in [2.45, 2.75) is 19.3 Å². The lowest BCUT2D eigenvalue weighted by molar-refractivity contribution is 0.0756. The fourth-order valence-electron chi connectivity index (χ4n) is 2.91. The van der Waals surface area contributed by atoms with E-state index < -0.39 is 0 Å². The quantitative estimate of drug-likeness (QED) is 0.811. The fourth-order valence-corrected chi connectivity index (χ4v) is 3.05. The number of halogens is 1. The van der Waals surface area contributed by atoms with Gasteiger partial charge in [0, 0.05) is 50.1 Å². The van der Waals surface area contributed by atoms with Crippen LogP contribution in [0.25, 0.3) is 5.65 Å². The summed E-state index contributed by atoms with van der Waals surface area (Å²) in [5, 5.41) is 4.78. The molecule has 6 nitrogen and oxygen atoms in total. The van der Waals surface area contributed by atoms with Crippen LogP contribution in [0.1, 0.15) is 29.8 Å². The highest BCUT2D eigenvalue weighted by molar-refractivity contribution is 6.30. The third kappa shape index (κ3) is 2.29. The van der Waals surface area contributed by atoms with Crippen LogP contribution in [0.4, 0.5) is 0 Å². The molecule has 1 amide bonds. The number of aliphatic imine (C=N–C) groups is 1. The topological polar surface area (TPSA) is 62.9 Å². The highest BCUT2D eigenvalue weighted by atomic mass is 35.5. The fraction of sp³-hybridized carbons (Fsp3) is 0.333. The van der Waals surface area contributed by atoms with Crippen LogP contribution in [0.15, 0.2) is 34.7 Å². The summed E-state index contributed by atoms with van der Waals surface area (Å²) >= 11 is 5.89. The Labute approximate surface area is 132 Å². The summed E-state index contributed by atoms with van der Waals surface area (Å²) in [7, 11) is 0. The van der Waals surface area contributed by atoms with E-state index >= 15 is 0 Å². The van der Waals surface area contributed by atoms with E-state index in [2.05, 4.69) is 15.1 Å². The number of fused-ring (bicyclic) bond motifs is 1. The molecule has 0 atom stereocenters. The van der Waals surface area contributed by atoms with Gasteiger partial charge in [-0.2, -0.15) is 5.10 Å². The minimum atomic E-state index is -0.0632. The molecule has 0 aromatic carbocycles. The second kappa shape index (κ2) is 5.21. The number of aromatic nitrogens is 3. The number of carbonyl (C=O) groups is 1. The summed E-state index contributed by atoms with van der Waals surface area (Å²) in [4.78, 5) is 23.1. The van der Waals surface area contributed by atoms with Gasteiger partial charge in [0.05, 0.1) is 11.2 Å². The Bertz CT molecular complexity index is 822. The van der Waals surface area contributed by atoms with Gasteiger partial charge in [-0.05, 0) is 12.0 Å². The number of rotatable bonds is 1. The summed E-state index contributed by atoms with van der Waals surface area (Å²) in [5.74, 6) is -0.0632. The van der Waals surface area contributed by atoms with E-state index in [1.165, 1.54) is 10.1 Å². The molecule has 0 saturated carbocycles. The molecule has 22 heavy (non-hydrogen) atoms. The number of amides is 1. The third-order valence-corrected chi connectivity index (χ3v) is 4.28. The molecule has 0 saturated heterocycles. The summed E-state index contributed by atoms with van der Waals surface area (Å²) in [6, 6.07) is 1.70. The predicted molar refractivity (Wildman–Crippen MR) is 83.3 cm³/mol. The Balaban J connectivity index is 1.57. The van der Waals surface area contributed by atoms with Gasteiger partial charge in [0.1, 0.15) is 0 Å². The Morgan fingerprint density at radius 2 is 2.14 bits per heavy atom. The van der Waals surface area contributed by atoms with Crippen molar-refractivity contribution in [2.75, 3.05) is 13.1 Å². The van der Waals surface area contributed by atoms with E-state index in [0.717, 1.165) is 25.0 Å². The van der Waals surface area contributed by atoms with Crippen LogP contribution in [0, 0.1) is 0 Å². The molecule has 0 fully saturated rings. The normalized spacial score (nSPS) is 18.0. The molecule has 2 aliphatic rings. The Morgan fingerprint density at radius 1 is 1.27 bits per heavy atom. The number of hydrogen-bond donors (Lipinski definition) is 0. The Kier molecular flexibility index (Phi) is 3.18. The highest BCUT2D eigenvalue weighted by Gasteiger charge is 2.24. The standard InChI is InChI=1S/C15H14ClN5O/c16-11-8-18-14-7-13(19-21(14)9-11)15(22)20-5-2-10-1-4-17-12(10)3-6-20/h4,7-9H,1-3,5-6H2. The van der Waals surface area contributed by atoms with E-state index in [1.54, 1.807) is 18.5 Å². The lowest BCUT2D eigenvalue weighted by atomic mass is 10.1. The van der Waals surface area contributed by atoms with Crippen LogP contribution in [0.5, 0.6) is 0 Å². The molecule has 2 aromatic heterocycles. The molecule has 0 bridgehead atoms. The van der Waals surface area contributed by atoms with E-state index in [-0.39, 0.29) is 5.91 Å². The molecule has 7 heteroatoms. The lowest BCUT2D eigenvalue weighted by Crippen LogP contribution is -2.32. The molecule has 0 aliphatic carbocycles. The highest BCUT2D eigenvalue weighted by Crippen LogP contribution is 2.26. The first kappa shape index (κ1) is 13.5. The molecule has 0 spiro atoms. The molecule has 112 valence electrons. The van der Waals surface area contributed by atoms with Crippen molar-refractivity contribution in [3.05, 3.63) is 40.4 Å².